The highest BCUT2D eigenvalue weighted by molar-refractivity contribution is 6.33. The van der Waals surface area contributed by atoms with Gasteiger partial charge in [-0.15, -0.1) is 0 Å². The van der Waals surface area contributed by atoms with Gasteiger partial charge in [-0.25, -0.2) is 0 Å². The number of nitrogens with zero attached hydrogens (tertiary/aromatic N) is 3. The quantitative estimate of drug-likeness (QED) is 0.520. The van der Waals surface area contributed by atoms with Crippen molar-refractivity contribution in [1.82, 2.24) is 20.1 Å². The number of rotatable bonds is 6. The molecular weight excluding hydrogens is 450 g/mol. The van der Waals surface area contributed by atoms with Crippen LogP contribution in [-0.4, -0.2) is 32.6 Å². The van der Waals surface area contributed by atoms with Gasteiger partial charge in [-0.05, 0) is 61.4 Å². The van der Waals surface area contributed by atoms with Crippen LogP contribution in [0.25, 0.3) is 11.1 Å². The molecule has 3 aromatic rings. The minimum Gasteiger partial charge on any atom is -0.339 e. The molecule has 2 heterocycles. The van der Waals surface area contributed by atoms with Crippen molar-refractivity contribution >= 4 is 29.1 Å². The van der Waals surface area contributed by atoms with Gasteiger partial charge in [-0.2, -0.15) is 5.10 Å². The third-order valence-corrected chi connectivity index (χ3v) is 7.00. The fourth-order valence-corrected chi connectivity index (χ4v) is 4.95. The van der Waals surface area contributed by atoms with Crippen LogP contribution in [0.4, 0.5) is 5.69 Å². The summed E-state index contributed by atoms with van der Waals surface area (Å²) in [5.41, 5.74) is 3.73. The van der Waals surface area contributed by atoms with Crippen molar-refractivity contribution in [2.45, 2.75) is 45.6 Å². The van der Waals surface area contributed by atoms with Gasteiger partial charge in [-0.1, -0.05) is 43.5 Å². The first-order valence-corrected chi connectivity index (χ1v) is 12.0. The van der Waals surface area contributed by atoms with Crippen molar-refractivity contribution in [2.24, 2.45) is 18.9 Å². The summed E-state index contributed by atoms with van der Waals surface area (Å²) >= 11 is 6.37. The van der Waals surface area contributed by atoms with E-state index >= 15 is 0 Å². The second-order valence-electron chi connectivity index (χ2n) is 9.13. The maximum absolute atomic E-state index is 13.4. The third kappa shape index (κ3) is 5.30. The Labute approximate surface area is 204 Å². The molecule has 2 aromatic heterocycles. The molecule has 8 heteroatoms. The highest BCUT2D eigenvalue weighted by atomic mass is 35.5. The maximum atomic E-state index is 13.4. The number of carbonyl (C=O) groups is 2. The van der Waals surface area contributed by atoms with Crippen molar-refractivity contribution in [3.05, 3.63) is 65.2 Å². The van der Waals surface area contributed by atoms with Crippen molar-refractivity contribution < 1.29 is 9.59 Å². The number of benzene rings is 1. The Morgan fingerprint density at radius 2 is 1.76 bits per heavy atom. The van der Waals surface area contributed by atoms with Gasteiger partial charge in [0.15, 0.2) is 0 Å². The smallest absolute Gasteiger partial charge is 0.270 e. The number of amides is 2. The molecule has 178 valence electrons. The molecule has 0 saturated heterocycles. The zero-order chi connectivity index (χ0) is 24.2. The average molecular weight is 480 g/mol. The van der Waals surface area contributed by atoms with Crippen molar-refractivity contribution in [1.29, 1.82) is 0 Å². The van der Waals surface area contributed by atoms with E-state index in [0.717, 1.165) is 42.5 Å². The van der Waals surface area contributed by atoms with Gasteiger partial charge < -0.3 is 10.6 Å². The molecule has 34 heavy (non-hydrogen) atoms. The van der Waals surface area contributed by atoms with Crippen LogP contribution in [0.3, 0.4) is 0 Å². The lowest BCUT2D eigenvalue weighted by molar-refractivity contribution is -0.119. The molecule has 2 amide bonds. The van der Waals surface area contributed by atoms with Gasteiger partial charge in [0.1, 0.15) is 11.7 Å². The molecule has 1 fully saturated rings. The van der Waals surface area contributed by atoms with Crippen LogP contribution in [0.5, 0.6) is 0 Å². The Morgan fingerprint density at radius 1 is 1.06 bits per heavy atom. The predicted octanol–water partition coefficient (Wildman–Crippen LogP) is 5.01. The lowest BCUT2D eigenvalue weighted by Gasteiger charge is -2.32. The molecule has 1 saturated carbocycles. The van der Waals surface area contributed by atoms with Gasteiger partial charge in [0.2, 0.25) is 5.91 Å². The number of pyridine rings is 1. The highest BCUT2D eigenvalue weighted by Gasteiger charge is 2.33. The highest BCUT2D eigenvalue weighted by Crippen LogP contribution is 2.32. The van der Waals surface area contributed by atoms with Crippen LogP contribution in [0.2, 0.25) is 5.02 Å². The zero-order valence-corrected chi connectivity index (χ0v) is 20.5. The molecule has 7 nitrogen and oxygen atoms in total. The molecule has 0 aliphatic heterocycles. The van der Waals surface area contributed by atoms with Crippen molar-refractivity contribution in [3.8, 4) is 11.1 Å². The molecule has 0 radical (unpaired) electrons. The Bertz CT molecular complexity index is 1150. The second-order valence-corrected chi connectivity index (χ2v) is 9.54. The van der Waals surface area contributed by atoms with E-state index in [9.17, 15) is 9.59 Å². The number of aromatic nitrogens is 3. The van der Waals surface area contributed by atoms with Crippen molar-refractivity contribution in [2.75, 3.05) is 5.32 Å². The summed E-state index contributed by atoms with van der Waals surface area (Å²) in [6.07, 6.45) is 7.17. The number of nitrogens with one attached hydrogen (secondary N) is 2. The van der Waals surface area contributed by atoms with Gasteiger partial charge in [0.25, 0.3) is 5.91 Å². The molecular formula is C26H30ClN5O2. The number of aryl methyl sites for hydroxylation is 2. The van der Waals surface area contributed by atoms with Gasteiger partial charge in [-0.3, -0.25) is 19.3 Å². The Morgan fingerprint density at radius 3 is 2.38 bits per heavy atom. The monoisotopic (exact) mass is 479 g/mol. The average Bonchev–Trinajstić information content (AvgIpc) is 3.25. The van der Waals surface area contributed by atoms with E-state index < -0.39 is 6.04 Å². The SMILES string of the molecule is Cc1nccc(Cl)c1-c1ccc(NC(=O)[C@@H](NC(=O)c2ccnn2C)C2CCC(C)CC2)cc1. The number of hydrogen-bond acceptors (Lipinski definition) is 4. The zero-order valence-electron chi connectivity index (χ0n) is 19.7. The van der Waals surface area contributed by atoms with Crippen LogP contribution >= 0.6 is 11.6 Å². The molecule has 1 aromatic carbocycles. The number of anilines is 1. The fraction of sp³-hybridized carbons (Fsp3) is 0.385. The van der Waals surface area contributed by atoms with E-state index in [1.165, 1.54) is 4.68 Å². The van der Waals surface area contributed by atoms with E-state index in [1.807, 2.05) is 31.2 Å². The summed E-state index contributed by atoms with van der Waals surface area (Å²) in [4.78, 5) is 30.6. The third-order valence-electron chi connectivity index (χ3n) is 6.69. The van der Waals surface area contributed by atoms with E-state index in [1.54, 1.807) is 31.6 Å². The lowest BCUT2D eigenvalue weighted by atomic mass is 9.79. The Balaban J connectivity index is 1.52. The van der Waals surface area contributed by atoms with Crippen LogP contribution in [0.1, 0.15) is 48.8 Å². The van der Waals surface area contributed by atoms with Crippen LogP contribution < -0.4 is 10.6 Å². The maximum Gasteiger partial charge on any atom is 0.270 e. The summed E-state index contributed by atoms with van der Waals surface area (Å²) in [5.74, 6) is 0.224. The fourth-order valence-electron chi connectivity index (χ4n) is 4.65. The van der Waals surface area contributed by atoms with Gasteiger partial charge >= 0.3 is 0 Å². The van der Waals surface area contributed by atoms with Gasteiger partial charge in [0.05, 0.1) is 5.02 Å². The molecule has 2 N–H and O–H groups in total. The summed E-state index contributed by atoms with van der Waals surface area (Å²) in [7, 11) is 1.71. The molecule has 0 bridgehead atoms. The summed E-state index contributed by atoms with van der Waals surface area (Å²) in [6, 6.07) is 10.3. The van der Waals surface area contributed by atoms with Crippen LogP contribution in [-0.2, 0) is 11.8 Å². The molecule has 0 spiro atoms. The first-order valence-electron chi connectivity index (χ1n) is 11.6. The summed E-state index contributed by atoms with van der Waals surface area (Å²) in [6.45, 7) is 4.15. The number of hydrogen-bond donors (Lipinski definition) is 2. The lowest BCUT2D eigenvalue weighted by Crippen LogP contribution is -2.49. The van der Waals surface area contributed by atoms with Crippen LogP contribution in [0, 0.1) is 18.8 Å². The molecule has 0 unspecified atom stereocenters. The molecule has 1 aliphatic carbocycles. The van der Waals surface area contributed by atoms with E-state index in [4.69, 9.17) is 11.6 Å². The first-order chi connectivity index (χ1) is 16.3. The predicted molar refractivity (Wildman–Crippen MR) is 134 cm³/mol. The Kier molecular flexibility index (Phi) is 7.32. The normalized spacial score (nSPS) is 18.8. The topological polar surface area (TPSA) is 88.9 Å². The second kappa shape index (κ2) is 10.4. The van der Waals surface area contributed by atoms with E-state index in [-0.39, 0.29) is 17.7 Å². The largest absolute Gasteiger partial charge is 0.339 e. The standard InChI is InChI=1S/C26H30ClN5O2/c1-16-4-6-19(7-5-16)24(31-25(33)22-13-15-29-32(22)3)26(34)30-20-10-8-18(9-11-20)23-17(2)28-14-12-21(23)27/h8-16,19,24H,4-7H2,1-3H3,(H,30,34)(H,31,33)/t16?,19?,24-/m0/s1. The summed E-state index contributed by atoms with van der Waals surface area (Å²) in [5, 5.41) is 10.7. The minimum atomic E-state index is -0.621. The van der Waals surface area contributed by atoms with Crippen LogP contribution in [0.15, 0.2) is 48.8 Å². The minimum absolute atomic E-state index is 0.0875. The van der Waals surface area contributed by atoms with E-state index in [0.29, 0.717) is 22.3 Å². The molecule has 1 aliphatic rings. The summed E-state index contributed by atoms with van der Waals surface area (Å²) < 4.78 is 1.51. The van der Waals surface area contributed by atoms with Crippen molar-refractivity contribution in [3.63, 3.8) is 0 Å². The number of carbonyl (C=O) groups excluding carboxylic acids is 2. The van der Waals surface area contributed by atoms with E-state index in [2.05, 4.69) is 27.6 Å². The number of halogens is 1. The molecule has 1 atom stereocenters. The Hall–Kier alpha value is -3.19. The van der Waals surface area contributed by atoms with Gasteiger partial charge in [0, 0.05) is 36.4 Å². The molecule has 4 rings (SSSR count). The first kappa shape index (κ1) is 24.0.